The van der Waals surface area contributed by atoms with Crippen molar-refractivity contribution >= 4 is 31.9 Å². The van der Waals surface area contributed by atoms with Crippen LogP contribution in [0.15, 0.2) is 21.1 Å². The van der Waals surface area contributed by atoms with Crippen LogP contribution in [0.2, 0.25) is 0 Å². The van der Waals surface area contributed by atoms with Gasteiger partial charge in [0, 0.05) is 13.1 Å². The molecule has 1 aliphatic heterocycles. The van der Waals surface area contributed by atoms with Crippen LogP contribution in [0.3, 0.4) is 0 Å². The highest BCUT2D eigenvalue weighted by Crippen LogP contribution is 2.34. The fraction of sp³-hybridized carbons (Fsp3) is 0.571. The highest BCUT2D eigenvalue weighted by atomic mass is 79.9. The van der Waals surface area contributed by atoms with E-state index in [-0.39, 0.29) is 5.75 Å². The summed E-state index contributed by atoms with van der Waals surface area (Å²) in [5.41, 5.74) is 1.23. The molecule has 2 rings (SSSR count). The number of piperidine rings is 1. The van der Waals surface area contributed by atoms with Gasteiger partial charge in [-0.05, 0) is 74.4 Å². The zero-order valence-corrected chi connectivity index (χ0v) is 14.0. The van der Waals surface area contributed by atoms with Gasteiger partial charge in [0.05, 0.1) is 8.95 Å². The van der Waals surface area contributed by atoms with Crippen molar-refractivity contribution in [3.63, 3.8) is 0 Å². The monoisotopic (exact) mass is 375 g/mol. The molecule has 1 aromatic carbocycles. The SMILES string of the molecule is CC1CCN(Cc2cc(Br)c(O)c(Br)c2)CC1C. The first-order valence-corrected chi connectivity index (χ1v) is 7.95. The highest BCUT2D eigenvalue weighted by molar-refractivity contribution is 9.11. The van der Waals surface area contributed by atoms with Crippen LogP contribution >= 0.6 is 31.9 Å². The summed E-state index contributed by atoms with van der Waals surface area (Å²) in [6, 6.07) is 4.01. The van der Waals surface area contributed by atoms with E-state index in [1.165, 1.54) is 18.5 Å². The molecule has 0 aliphatic carbocycles. The van der Waals surface area contributed by atoms with Gasteiger partial charge < -0.3 is 5.11 Å². The van der Waals surface area contributed by atoms with E-state index in [1.807, 2.05) is 12.1 Å². The fourth-order valence-electron chi connectivity index (χ4n) is 2.46. The van der Waals surface area contributed by atoms with Gasteiger partial charge in [-0.2, -0.15) is 0 Å². The van der Waals surface area contributed by atoms with Crippen LogP contribution in [-0.4, -0.2) is 23.1 Å². The molecule has 2 unspecified atom stereocenters. The highest BCUT2D eigenvalue weighted by Gasteiger charge is 2.22. The van der Waals surface area contributed by atoms with Crippen LogP contribution in [0.25, 0.3) is 0 Å². The zero-order valence-electron chi connectivity index (χ0n) is 10.8. The lowest BCUT2D eigenvalue weighted by atomic mass is 9.88. The molecule has 0 radical (unpaired) electrons. The number of hydrogen-bond acceptors (Lipinski definition) is 2. The normalized spacial score (nSPS) is 25.3. The van der Waals surface area contributed by atoms with Crippen LogP contribution in [0, 0.1) is 11.8 Å². The number of nitrogens with zero attached hydrogens (tertiary/aromatic N) is 1. The van der Waals surface area contributed by atoms with E-state index < -0.39 is 0 Å². The Hall–Kier alpha value is -0.0600. The number of halogens is 2. The summed E-state index contributed by atoms with van der Waals surface area (Å²) in [5.74, 6) is 1.88. The summed E-state index contributed by atoms with van der Waals surface area (Å²) in [4.78, 5) is 2.50. The van der Waals surface area contributed by atoms with E-state index in [0.717, 1.165) is 33.9 Å². The molecule has 18 heavy (non-hydrogen) atoms. The van der Waals surface area contributed by atoms with E-state index in [0.29, 0.717) is 0 Å². The minimum atomic E-state index is 0.277. The second-order valence-corrected chi connectivity index (χ2v) is 7.10. The number of hydrogen-bond donors (Lipinski definition) is 1. The Morgan fingerprint density at radius 2 is 1.83 bits per heavy atom. The predicted octanol–water partition coefficient (Wildman–Crippen LogP) is 4.40. The maximum absolute atomic E-state index is 9.71. The number of phenolic OH excluding ortho intramolecular Hbond substituents is 1. The number of likely N-dealkylation sites (tertiary alicyclic amines) is 1. The van der Waals surface area contributed by atoms with Crippen LogP contribution in [0.1, 0.15) is 25.8 Å². The molecule has 1 N–H and O–H groups in total. The summed E-state index contributed by atoms with van der Waals surface area (Å²) in [5, 5.41) is 9.71. The number of rotatable bonds is 2. The second-order valence-electron chi connectivity index (χ2n) is 5.39. The molecule has 1 aliphatic rings. The lowest BCUT2D eigenvalue weighted by Crippen LogP contribution is -2.37. The Morgan fingerprint density at radius 3 is 2.39 bits per heavy atom. The molecule has 1 aromatic rings. The van der Waals surface area contributed by atoms with E-state index in [4.69, 9.17) is 0 Å². The van der Waals surface area contributed by atoms with E-state index in [9.17, 15) is 5.11 Å². The molecule has 4 heteroatoms. The molecule has 0 aromatic heterocycles. The van der Waals surface area contributed by atoms with Gasteiger partial charge in [0.2, 0.25) is 0 Å². The Balaban J connectivity index is 2.06. The maximum Gasteiger partial charge on any atom is 0.143 e. The molecule has 2 nitrogen and oxygen atoms in total. The third-order valence-electron chi connectivity index (χ3n) is 3.90. The van der Waals surface area contributed by atoms with Gasteiger partial charge in [-0.3, -0.25) is 4.90 Å². The molecule has 1 fully saturated rings. The molecule has 0 spiro atoms. The molecular formula is C14H19Br2NO. The van der Waals surface area contributed by atoms with Crippen LogP contribution in [0.5, 0.6) is 5.75 Å². The molecule has 0 bridgehead atoms. The standard InChI is InChI=1S/C14H19Br2NO/c1-9-3-4-17(7-10(9)2)8-11-5-12(15)14(18)13(16)6-11/h5-6,9-10,18H,3-4,7-8H2,1-2H3. The Kier molecular flexibility index (Phi) is 4.73. The van der Waals surface area contributed by atoms with Crippen molar-refractivity contribution in [2.24, 2.45) is 11.8 Å². The Bertz CT molecular complexity index is 413. The Labute approximate surface area is 126 Å². The summed E-state index contributed by atoms with van der Waals surface area (Å²) < 4.78 is 1.51. The van der Waals surface area contributed by atoms with Crippen LogP contribution in [-0.2, 0) is 6.54 Å². The first-order chi connectivity index (χ1) is 8.47. The lowest BCUT2D eigenvalue weighted by molar-refractivity contribution is 0.132. The van der Waals surface area contributed by atoms with Gasteiger partial charge in [0.25, 0.3) is 0 Å². The minimum absolute atomic E-state index is 0.277. The zero-order chi connectivity index (χ0) is 13.3. The number of phenols is 1. The van der Waals surface area contributed by atoms with E-state index in [1.54, 1.807) is 0 Å². The van der Waals surface area contributed by atoms with E-state index >= 15 is 0 Å². The smallest absolute Gasteiger partial charge is 0.143 e. The third-order valence-corrected chi connectivity index (χ3v) is 5.11. The van der Waals surface area contributed by atoms with Crippen molar-refractivity contribution in [3.8, 4) is 5.75 Å². The quantitative estimate of drug-likeness (QED) is 0.826. The average Bonchev–Trinajstić information content (AvgIpc) is 2.31. The molecule has 1 heterocycles. The van der Waals surface area contributed by atoms with E-state index in [2.05, 4.69) is 50.6 Å². The van der Waals surface area contributed by atoms with Gasteiger partial charge in [0.15, 0.2) is 0 Å². The fourth-order valence-corrected chi connectivity index (χ4v) is 3.74. The first kappa shape index (κ1) is 14.4. The van der Waals surface area contributed by atoms with Crippen LogP contribution in [0.4, 0.5) is 0 Å². The third kappa shape index (κ3) is 3.28. The van der Waals surface area contributed by atoms with Gasteiger partial charge in [0.1, 0.15) is 5.75 Å². The summed E-state index contributed by atoms with van der Waals surface area (Å²) in [7, 11) is 0. The second kappa shape index (κ2) is 5.93. The first-order valence-electron chi connectivity index (χ1n) is 6.36. The molecular weight excluding hydrogens is 358 g/mol. The predicted molar refractivity (Wildman–Crippen MR) is 81.7 cm³/mol. The summed E-state index contributed by atoms with van der Waals surface area (Å²) in [6.07, 6.45) is 1.28. The molecule has 2 atom stereocenters. The van der Waals surface area contributed by atoms with Crippen molar-refractivity contribution in [2.45, 2.75) is 26.8 Å². The lowest BCUT2D eigenvalue weighted by Gasteiger charge is -2.35. The molecule has 0 saturated carbocycles. The molecule has 0 amide bonds. The van der Waals surface area contributed by atoms with Gasteiger partial charge in [-0.25, -0.2) is 0 Å². The molecule has 1 saturated heterocycles. The maximum atomic E-state index is 9.71. The summed E-state index contributed by atoms with van der Waals surface area (Å²) >= 11 is 6.77. The number of benzene rings is 1. The average molecular weight is 377 g/mol. The van der Waals surface area contributed by atoms with Crippen molar-refractivity contribution in [3.05, 3.63) is 26.6 Å². The van der Waals surface area contributed by atoms with Crippen molar-refractivity contribution in [2.75, 3.05) is 13.1 Å². The number of aromatic hydroxyl groups is 1. The van der Waals surface area contributed by atoms with Crippen molar-refractivity contribution in [1.82, 2.24) is 4.90 Å². The summed E-state index contributed by atoms with van der Waals surface area (Å²) in [6.45, 7) is 7.96. The molecule has 100 valence electrons. The largest absolute Gasteiger partial charge is 0.506 e. The Morgan fingerprint density at radius 1 is 1.22 bits per heavy atom. The van der Waals surface area contributed by atoms with Gasteiger partial charge in [-0.1, -0.05) is 13.8 Å². The van der Waals surface area contributed by atoms with Crippen molar-refractivity contribution in [1.29, 1.82) is 0 Å². The van der Waals surface area contributed by atoms with Gasteiger partial charge in [-0.15, -0.1) is 0 Å². The van der Waals surface area contributed by atoms with Crippen LogP contribution < -0.4 is 0 Å². The van der Waals surface area contributed by atoms with Gasteiger partial charge >= 0.3 is 0 Å². The minimum Gasteiger partial charge on any atom is -0.506 e. The van der Waals surface area contributed by atoms with Crippen molar-refractivity contribution < 1.29 is 5.11 Å². The topological polar surface area (TPSA) is 23.5 Å².